The van der Waals surface area contributed by atoms with Crippen molar-refractivity contribution in [1.82, 2.24) is 20.1 Å². The first-order valence-corrected chi connectivity index (χ1v) is 13.3. The van der Waals surface area contributed by atoms with Gasteiger partial charge in [-0.15, -0.1) is 0 Å². The van der Waals surface area contributed by atoms with Crippen LogP contribution < -0.4 is 15.5 Å². The largest absolute Gasteiger partial charge is 0.367 e. The first-order valence-electron chi connectivity index (χ1n) is 13.3. The molecule has 4 aromatic rings. The number of amides is 2. The lowest BCUT2D eigenvalue weighted by Gasteiger charge is -2.37. The summed E-state index contributed by atoms with van der Waals surface area (Å²) in [5, 5.41) is 29.0. The highest BCUT2D eigenvalue weighted by atomic mass is 16.2. The van der Waals surface area contributed by atoms with Crippen molar-refractivity contribution in [1.29, 1.82) is 10.5 Å². The zero-order valence-electron chi connectivity index (χ0n) is 22.3. The molecule has 1 aliphatic carbocycles. The van der Waals surface area contributed by atoms with E-state index in [0.29, 0.717) is 17.7 Å². The van der Waals surface area contributed by atoms with Crippen molar-refractivity contribution in [3.8, 4) is 23.3 Å². The minimum Gasteiger partial charge on any atom is -0.367 e. The lowest BCUT2D eigenvalue weighted by Crippen LogP contribution is -2.48. The third kappa shape index (κ3) is 6.28. The van der Waals surface area contributed by atoms with E-state index in [4.69, 9.17) is 5.26 Å². The highest BCUT2D eigenvalue weighted by molar-refractivity contribution is 5.93. The van der Waals surface area contributed by atoms with Crippen molar-refractivity contribution in [3.05, 3.63) is 95.9 Å². The zero-order valence-corrected chi connectivity index (χ0v) is 22.3. The number of hydrogen-bond acceptors (Lipinski definition) is 6. The maximum atomic E-state index is 13.6. The molecule has 0 atom stereocenters. The molecule has 2 aromatic heterocycles. The van der Waals surface area contributed by atoms with Gasteiger partial charge in [0.2, 0.25) is 0 Å². The fourth-order valence-electron chi connectivity index (χ4n) is 5.13. The average Bonchev–Trinajstić information content (AvgIpc) is 3.44. The van der Waals surface area contributed by atoms with Crippen molar-refractivity contribution in [2.45, 2.75) is 44.3 Å². The SMILES string of the molecule is Cn1cc(-c2ccc(N(C(=O)NCc3cccc(C#N)c3)[C@H]3CC[C@H](Nc4ccc(C#N)cn4)CC3)cc2)cn1. The van der Waals surface area contributed by atoms with E-state index in [9.17, 15) is 10.1 Å². The molecule has 1 fully saturated rings. The van der Waals surface area contributed by atoms with Crippen LogP contribution in [-0.4, -0.2) is 32.9 Å². The van der Waals surface area contributed by atoms with Crippen LogP contribution in [0.5, 0.6) is 0 Å². The predicted molar refractivity (Wildman–Crippen MR) is 153 cm³/mol. The van der Waals surface area contributed by atoms with Crippen LogP contribution in [0.25, 0.3) is 11.1 Å². The summed E-state index contributed by atoms with van der Waals surface area (Å²) in [4.78, 5) is 19.9. The molecule has 9 heteroatoms. The van der Waals surface area contributed by atoms with Crippen LogP contribution >= 0.6 is 0 Å². The smallest absolute Gasteiger partial charge is 0.322 e. The molecule has 0 unspecified atom stereocenters. The van der Waals surface area contributed by atoms with Gasteiger partial charge in [0.15, 0.2) is 0 Å². The number of urea groups is 1. The van der Waals surface area contributed by atoms with Crippen molar-refractivity contribution >= 4 is 17.5 Å². The van der Waals surface area contributed by atoms with Crippen LogP contribution in [0.3, 0.4) is 0 Å². The molecule has 0 spiro atoms. The molecule has 0 aliphatic heterocycles. The Labute approximate surface area is 233 Å². The van der Waals surface area contributed by atoms with Crippen LogP contribution in [0.4, 0.5) is 16.3 Å². The Balaban J connectivity index is 1.30. The molecule has 0 bridgehead atoms. The Morgan fingerprint density at radius 3 is 2.40 bits per heavy atom. The molecule has 2 N–H and O–H groups in total. The maximum Gasteiger partial charge on any atom is 0.322 e. The molecule has 0 radical (unpaired) electrons. The number of nitrogens with zero attached hydrogens (tertiary/aromatic N) is 6. The van der Waals surface area contributed by atoms with Crippen molar-refractivity contribution < 1.29 is 4.79 Å². The molecule has 5 rings (SSSR count). The summed E-state index contributed by atoms with van der Waals surface area (Å²) < 4.78 is 1.77. The van der Waals surface area contributed by atoms with Crippen molar-refractivity contribution in [2.75, 3.05) is 10.2 Å². The number of rotatable bonds is 7. The van der Waals surface area contributed by atoms with Crippen LogP contribution in [0.1, 0.15) is 42.4 Å². The molecule has 2 aromatic carbocycles. The lowest BCUT2D eigenvalue weighted by molar-refractivity contribution is 0.240. The molecule has 1 saturated carbocycles. The van der Waals surface area contributed by atoms with E-state index in [1.807, 2.05) is 66.8 Å². The predicted octanol–water partition coefficient (Wildman–Crippen LogP) is 5.36. The van der Waals surface area contributed by atoms with Crippen LogP contribution in [-0.2, 0) is 13.6 Å². The topological polar surface area (TPSA) is 123 Å². The van der Waals surface area contributed by atoms with Crippen LogP contribution in [0.2, 0.25) is 0 Å². The minimum absolute atomic E-state index is 0.0293. The normalized spacial score (nSPS) is 16.4. The van der Waals surface area contributed by atoms with E-state index in [-0.39, 0.29) is 18.1 Å². The second-order valence-electron chi connectivity index (χ2n) is 9.98. The molecule has 2 amide bonds. The second-order valence-corrected chi connectivity index (χ2v) is 9.98. The highest BCUT2D eigenvalue weighted by Gasteiger charge is 2.30. The highest BCUT2D eigenvalue weighted by Crippen LogP contribution is 2.31. The second kappa shape index (κ2) is 12.1. The molecular formula is C31H30N8O. The van der Waals surface area contributed by atoms with Gasteiger partial charge in [-0.05, 0) is 73.2 Å². The van der Waals surface area contributed by atoms with Gasteiger partial charge in [-0.2, -0.15) is 15.6 Å². The molecule has 0 saturated heterocycles. The number of nitriles is 2. The minimum atomic E-state index is -0.165. The summed E-state index contributed by atoms with van der Waals surface area (Å²) in [6, 6.07) is 23.2. The monoisotopic (exact) mass is 530 g/mol. The number of benzene rings is 2. The summed E-state index contributed by atoms with van der Waals surface area (Å²) in [7, 11) is 1.89. The molecule has 1 aliphatic rings. The fraction of sp³-hybridized carbons (Fsp3) is 0.258. The zero-order chi connectivity index (χ0) is 27.9. The van der Waals surface area contributed by atoms with Gasteiger partial charge in [0, 0.05) is 49.3 Å². The summed E-state index contributed by atoms with van der Waals surface area (Å²) in [6.07, 6.45) is 8.78. The Hall–Kier alpha value is -5.15. The number of aryl methyl sites for hydroxylation is 1. The van der Waals surface area contributed by atoms with Crippen LogP contribution in [0.15, 0.2) is 79.3 Å². The quantitative estimate of drug-likeness (QED) is 0.331. The molecule has 2 heterocycles. The first kappa shape index (κ1) is 26.5. The van der Waals surface area contributed by atoms with Gasteiger partial charge in [-0.3, -0.25) is 9.58 Å². The van der Waals surface area contributed by atoms with Crippen molar-refractivity contribution in [3.63, 3.8) is 0 Å². The van der Waals surface area contributed by atoms with E-state index < -0.39 is 0 Å². The number of hydrogen-bond donors (Lipinski definition) is 2. The van der Waals surface area contributed by atoms with Gasteiger partial charge >= 0.3 is 6.03 Å². The molecule has 200 valence electrons. The number of anilines is 2. The van der Waals surface area contributed by atoms with E-state index in [1.54, 1.807) is 29.1 Å². The molecular weight excluding hydrogens is 500 g/mol. The number of pyridine rings is 1. The maximum absolute atomic E-state index is 13.6. The third-order valence-corrected chi connectivity index (χ3v) is 7.21. The summed E-state index contributed by atoms with van der Waals surface area (Å²) in [5.41, 5.74) is 4.86. The Morgan fingerprint density at radius 2 is 1.75 bits per heavy atom. The molecule has 40 heavy (non-hydrogen) atoms. The summed E-state index contributed by atoms with van der Waals surface area (Å²) in [6.45, 7) is 0.333. The van der Waals surface area contributed by atoms with E-state index in [1.165, 1.54) is 0 Å². The number of nitrogens with one attached hydrogen (secondary N) is 2. The Kier molecular flexibility index (Phi) is 8.03. The van der Waals surface area contributed by atoms with Gasteiger partial charge in [0.25, 0.3) is 0 Å². The van der Waals surface area contributed by atoms with Gasteiger partial charge in [-0.25, -0.2) is 9.78 Å². The van der Waals surface area contributed by atoms with Gasteiger partial charge < -0.3 is 10.6 Å². The van der Waals surface area contributed by atoms with Crippen molar-refractivity contribution in [2.24, 2.45) is 7.05 Å². The summed E-state index contributed by atoms with van der Waals surface area (Å²) >= 11 is 0. The lowest BCUT2D eigenvalue weighted by atomic mass is 9.89. The van der Waals surface area contributed by atoms with Gasteiger partial charge in [-0.1, -0.05) is 24.3 Å². The van der Waals surface area contributed by atoms with E-state index in [2.05, 4.69) is 32.9 Å². The Bertz CT molecular complexity index is 1540. The summed E-state index contributed by atoms with van der Waals surface area (Å²) in [5.74, 6) is 0.752. The standard InChI is InChI=1S/C31H30N8O/c1-38-21-26(20-36-38)25-6-10-28(11-7-25)39(31(40)35-18-23-4-2-3-22(15-23)16-32)29-12-8-27(9-13-29)37-30-14-5-24(17-33)19-34-30/h2-7,10-11,14-15,19-21,27,29H,8-9,12-13,18H2,1H3,(H,34,37)(H,35,40)/t27-,29-. The molecule has 9 nitrogen and oxygen atoms in total. The number of carbonyl (C=O) groups is 1. The van der Waals surface area contributed by atoms with Crippen LogP contribution in [0, 0.1) is 22.7 Å². The van der Waals surface area contributed by atoms with E-state index >= 15 is 0 Å². The average molecular weight is 531 g/mol. The number of carbonyl (C=O) groups excluding carboxylic acids is 1. The van der Waals surface area contributed by atoms with E-state index in [0.717, 1.165) is 53.9 Å². The first-order chi connectivity index (χ1) is 19.5. The van der Waals surface area contributed by atoms with Gasteiger partial charge in [0.1, 0.15) is 11.9 Å². The van der Waals surface area contributed by atoms with Gasteiger partial charge in [0.05, 0.1) is 23.4 Å². The Morgan fingerprint density at radius 1 is 0.975 bits per heavy atom. The number of aromatic nitrogens is 3. The fourth-order valence-corrected chi connectivity index (χ4v) is 5.13. The third-order valence-electron chi connectivity index (χ3n) is 7.21.